The molecule has 0 atom stereocenters. The van der Waals surface area contributed by atoms with Crippen molar-refractivity contribution in [2.75, 3.05) is 11.1 Å². The molecule has 176 valence electrons. The minimum Gasteiger partial charge on any atom is -0.325 e. The Balaban J connectivity index is 1.58. The average Bonchev–Trinajstić information content (AvgIpc) is 3.28. The van der Waals surface area contributed by atoms with Crippen LogP contribution < -0.4 is 5.32 Å². The Morgan fingerprint density at radius 2 is 1.80 bits per heavy atom. The number of aromatic nitrogens is 4. The smallest absolute Gasteiger partial charge is 0.280 e. The van der Waals surface area contributed by atoms with Crippen LogP contribution >= 0.6 is 11.8 Å². The Kier molecular flexibility index (Phi) is 6.97. The number of pyridine rings is 1. The summed E-state index contributed by atoms with van der Waals surface area (Å²) in [4.78, 5) is 45.0. The number of nitro benzene ring substituents is 1. The van der Waals surface area contributed by atoms with Crippen molar-refractivity contribution in [3.8, 4) is 11.4 Å². The molecule has 0 aliphatic heterocycles. The number of hydrogen-bond acceptors (Lipinski definition) is 8. The lowest BCUT2D eigenvalue weighted by Gasteiger charge is -2.08. The van der Waals surface area contributed by atoms with Crippen LogP contribution in [-0.2, 0) is 4.79 Å². The van der Waals surface area contributed by atoms with Gasteiger partial charge in [-0.2, -0.15) is 4.68 Å². The minimum absolute atomic E-state index is 0.0824. The third-order valence-electron chi connectivity index (χ3n) is 5.11. The van der Waals surface area contributed by atoms with E-state index in [1.54, 1.807) is 55.7 Å². The van der Waals surface area contributed by atoms with Crippen LogP contribution in [0.2, 0.25) is 0 Å². The molecule has 2 heterocycles. The lowest BCUT2D eigenvalue weighted by Crippen LogP contribution is -2.18. The van der Waals surface area contributed by atoms with Gasteiger partial charge >= 0.3 is 0 Å². The number of thioether (sulfide) groups is 1. The quantitative estimate of drug-likeness (QED) is 0.231. The largest absolute Gasteiger partial charge is 0.325 e. The van der Waals surface area contributed by atoms with Crippen LogP contribution in [0.1, 0.15) is 21.5 Å². The van der Waals surface area contributed by atoms with Crippen molar-refractivity contribution in [2.45, 2.75) is 19.0 Å². The summed E-state index contributed by atoms with van der Waals surface area (Å²) in [5, 5.41) is 18.5. The molecule has 35 heavy (non-hydrogen) atoms. The van der Waals surface area contributed by atoms with Crippen LogP contribution in [0.4, 0.5) is 11.4 Å². The van der Waals surface area contributed by atoms with E-state index in [0.717, 1.165) is 17.3 Å². The van der Waals surface area contributed by atoms with Gasteiger partial charge in [-0.3, -0.25) is 24.7 Å². The maximum atomic E-state index is 13.3. The van der Waals surface area contributed by atoms with Gasteiger partial charge in [-0.15, -0.1) is 5.10 Å². The van der Waals surface area contributed by atoms with Crippen molar-refractivity contribution >= 4 is 35.0 Å². The third-order valence-corrected chi connectivity index (χ3v) is 6.03. The van der Waals surface area contributed by atoms with Crippen molar-refractivity contribution in [3.63, 3.8) is 0 Å². The Morgan fingerprint density at radius 1 is 1.06 bits per heavy atom. The molecular weight excluding hydrogens is 468 g/mol. The zero-order chi connectivity index (χ0) is 24.9. The molecule has 0 fully saturated rings. The maximum Gasteiger partial charge on any atom is 0.280 e. The molecule has 11 heteroatoms. The Labute approximate surface area is 204 Å². The number of nitro groups is 1. The van der Waals surface area contributed by atoms with Crippen molar-refractivity contribution < 1.29 is 14.5 Å². The molecule has 4 rings (SSSR count). The predicted octanol–water partition coefficient (Wildman–Crippen LogP) is 4.28. The first-order valence-electron chi connectivity index (χ1n) is 10.5. The van der Waals surface area contributed by atoms with E-state index < -0.39 is 10.8 Å². The monoisotopic (exact) mass is 488 g/mol. The fourth-order valence-corrected chi connectivity index (χ4v) is 4.01. The van der Waals surface area contributed by atoms with Gasteiger partial charge in [0, 0.05) is 40.8 Å². The topological polar surface area (TPSA) is 133 Å². The highest BCUT2D eigenvalue weighted by Gasteiger charge is 2.21. The van der Waals surface area contributed by atoms with Gasteiger partial charge in [0.05, 0.1) is 10.7 Å². The van der Waals surface area contributed by atoms with Crippen molar-refractivity contribution in [1.29, 1.82) is 0 Å². The molecule has 1 N–H and O–H groups in total. The fourth-order valence-electron chi connectivity index (χ4n) is 3.28. The molecule has 0 aliphatic carbocycles. The van der Waals surface area contributed by atoms with E-state index in [4.69, 9.17) is 0 Å². The highest BCUT2D eigenvalue weighted by atomic mass is 32.2. The summed E-state index contributed by atoms with van der Waals surface area (Å²) in [7, 11) is 0. The third kappa shape index (κ3) is 5.41. The first-order valence-corrected chi connectivity index (χ1v) is 11.5. The molecule has 0 saturated heterocycles. The van der Waals surface area contributed by atoms with Crippen LogP contribution in [0.15, 0.2) is 72.1 Å². The number of benzene rings is 2. The van der Waals surface area contributed by atoms with Crippen molar-refractivity contribution in [2.24, 2.45) is 0 Å². The molecular formula is C24H20N6O4S. The van der Waals surface area contributed by atoms with Gasteiger partial charge in [0.25, 0.3) is 11.6 Å². The molecule has 0 saturated carbocycles. The fraction of sp³-hybridized carbons (Fsp3) is 0.125. The lowest BCUT2D eigenvalue weighted by atomic mass is 10.1. The maximum absolute atomic E-state index is 13.3. The number of aryl methyl sites for hydroxylation is 2. The minimum atomic E-state index is -0.500. The highest BCUT2D eigenvalue weighted by Crippen LogP contribution is 2.25. The molecule has 0 unspecified atom stereocenters. The number of amides is 1. The van der Waals surface area contributed by atoms with Crippen LogP contribution in [-0.4, -0.2) is 42.2 Å². The van der Waals surface area contributed by atoms with E-state index in [2.05, 4.69) is 20.4 Å². The number of nitrogens with zero attached hydrogens (tertiary/aromatic N) is 5. The number of carbonyl (C=O) groups excluding carboxylic acids is 2. The van der Waals surface area contributed by atoms with Gasteiger partial charge in [0.2, 0.25) is 5.91 Å². The van der Waals surface area contributed by atoms with Gasteiger partial charge in [0.15, 0.2) is 11.0 Å². The molecule has 0 bridgehead atoms. The standard InChI is InChI=1S/C24H20N6O4S/c1-15-5-3-4-6-19(15)23(32)29-24(27-22(28-29)17-9-11-25-12-10-17)35-14-21(31)26-18-8-7-16(2)20(13-18)30(33)34/h3-13H,14H2,1-2H3,(H,26,31). The highest BCUT2D eigenvalue weighted by molar-refractivity contribution is 7.99. The Bertz CT molecular complexity index is 1420. The molecule has 2 aromatic heterocycles. The molecule has 0 radical (unpaired) electrons. The number of carbonyl (C=O) groups is 2. The summed E-state index contributed by atoms with van der Waals surface area (Å²) in [5.74, 6) is -0.534. The Hall–Kier alpha value is -4.38. The number of rotatable bonds is 7. The second kappa shape index (κ2) is 10.3. The molecule has 4 aromatic rings. The van der Waals surface area contributed by atoms with Gasteiger partial charge in [-0.1, -0.05) is 36.0 Å². The van der Waals surface area contributed by atoms with Gasteiger partial charge in [-0.05, 0) is 43.7 Å². The van der Waals surface area contributed by atoms with Crippen molar-refractivity contribution in [1.82, 2.24) is 19.7 Å². The summed E-state index contributed by atoms with van der Waals surface area (Å²) in [6.07, 6.45) is 3.19. The lowest BCUT2D eigenvalue weighted by molar-refractivity contribution is -0.385. The second-order valence-electron chi connectivity index (χ2n) is 7.58. The number of hydrogen-bond donors (Lipinski definition) is 1. The Morgan fingerprint density at radius 3 is 2.51 bits per heavy atom. The number of nitrogens with one attached hydrogen (secondary N) is 1. The van der Waals surface area contributed by atoms with E-state index in [-0.39, 0.29) is 22.5 Å². The zero-order valence-electron chi connectivity index (χ0n) is 18.8. The summed E-state index contributed by atoms with van der Waals surface area (Å²) in [5.41, 5.74) is 2.65. The second-order valence-corrected chi connectivity index (χ2v) is 8.52. The van der Waals surface area contributed by atoms with E-state index in [9.17, 15) is 19.7 Å². The van der Waals surface area contributed by atoms with E-state index >= 15 is 0 Å². The molecule has 2 aromatic carbocycles. The van der Waals surface area contributed by atoms with E-state index in [1.165, 1.54) is 10.7 Å². The van der Waals surface area contributed by atoms with Crippen LogP contribution in [0.5, 0.6) is 0 Å². The van der Waals surface area contributed by atoms with Crippen LogP contribution in [0.3, 0.4) is 0 Å². The van der Waals surface area contributed by atoms with Crippen molar-refractivity contribution in [3.05, 3.63) is 93.8 Å². The van der Waals surface area contributed by atoms with Gasteiger partial charge < -0.3 is 5.32 Å². The summed E-state index contributed by atoms with van der Waals surface area (Å²) in [6.45, 7) is 3.45. The average molecular weight is 489 g/mol. The van der Waals surface area contributed by atoms with Gasteiger partial charge in [0.1, 0.15) is 0 Å². The molecule has 0 spiro atoms. The molecule has 10 nitrogen and oxygen atoms in total. The van der Waals surface area contributed by atoms with Crippen LogP contribution in [0, 0.1) is 24.0 Å². The summed E-state index contributed by atoms with van der Waals surface area (Å²) < 4.78 is 1.19. The summed E-state index contributed by atoms with van der Waals surface area (Å²) >= 11 is 1.04. The van der Waals surface area contributed by atoms with Gasteiger partial charge in [-0.25, -0.2) is 4.98 Å². The SMILES string of the molecule is Cc1ccccc1C(=O)n1nc(-c2ccncc2)nc1SCC(=O)Nc1ccc(C)c([N+](=O)[O-])c1. The zero-order valence-corrected chi connectivity index (χ0v) is 19.7. The normalized spacial score (nSPS) is 10.7. The van der Waals surface area contributed by atoms with E-state index in [0.29, 0.717) is 28.2 Å². The predicted molar refractivity (Wildman–Crippen MR) is 131 cm³/mol. The first kappa shape index (κ1) is 23.8. The first-order chi connectivity index (χ1) is 16.8. The van der Waals surface area contributed by atoms with E-state index in [1.807, 2.05) is 19.1 Å². The molecule has 0 aliphatic rings. The molecule has 1 amide bonds. The summed E-state index contributed by atoms with van der Waals surface area (Å²) in [6, 6.07) is 15.1. The van der Waals surface area contributed by atoms with Crippen LogP contribution in [0.25, 0.3) is 11.4 Å². The number of anilines is 1.